The van der Waals surface area contributed by atoms with Crippen LogP contribution >= 0.6 is 0 Å². The number of amides is 1. The van der Waals surface area contributed by atoms with Gasteiger partial charge in [0.05, 0.1) is 23.7 Å². The lowest BCUT2D eigenvalue weighted by Gasteiger charge is -2.36. The van der Waals surface area contributed by atoms with Gasteiger partial charge in [0, 0.05) is 37.8 Å². The molecule has 0 bridgehead atoms. The number of piperazine rings is 1. The molecular weight excluding hydrogens is 426 g/mol. The molecule has 0 unspecified atom stereocenters. The fraction of sp³-hybridized carbons (Fsp3) is 0.417. The van der Waals surface area contributed by atoms with Crippen molar-refractivity contribution in [2.75, 3.05) is 44.3 Å². The number of hydrogen-bond donors (Lipinski definition) is 0. The maximum absolute atomic E-state index is 12.9. The first-order chi connectivity index (χ1) is 15.8. The van der Waals surface area contributed by atoms with E-state index in [0.29, 0.717) is 50.0 Å². The highest BCUT2D eigenvalue weighted by Gasteiger charge is 2.27. The summed E-state index contributed by atoms with van der Waals surface area (Å²) in [6, 6.07) is 11.4. The Bertz CT molecular complexity index is 998. The van der Waals surface area contributed by atoms with E-state index in [2.05, 4.69) is 13.8 Å². The van der Waals surface area contributed by atoms with E-state index in [1.165, 1.54) is 12.1 Å². The molecule has 33 heavy (non-hydrogen) atoms. The van der Waals surface area contributed by atoms with Crippen LogP contribution in [0.3, 0.4) is 0 Å². The highest BCUT2D eigenvalue weighted by atomic mass is 16.6. The third kappa shape index (κ3) is 6.00. The monoisotopic (exact) mass is 455 g/mol. The Morgan fingerprint density at radius 2 is 1.67 bits per heavy atom. The van der Waals surface area contributed by atoms with E-state index in [4.69, 9.17) is 9.47 Å². The third-order valence-corrected chi connectivity index (χ3v) is 5.28. The Morgan fingerprint density at radius 3 is 2.24 bits per heavy atom. The highest BCUT2D eigenvalue weighted by molar-refractivity contribution is 5.94. The molecule has 0 saturated carbocycles. The number of nitro benzene ring substituents is 1. The molecule has 1 aliphatic rings. The molecule has 1 aliphatic heterocycles. The summed E-state index contributed by atoms with van der Waals surface area (Å²) in [5, 5.41) is 11.6. The van der Waals surface area contributed by atoms with Gasteiger partial charge in [-0.15, -0.1) is 0 Å². The van der Waals surface area contributed by atoms with E-state index in [-0.39, 0.29) is 23.8 Å². The SMILES string of the molecule is CCOC(=O)c1ccc(N2CCN(C(=O)c3ccc(OCC(C)C)cc3)CC2)c([N+](=O)[O-])c1. The van der Waals surface area contributed by atoms with Crippen LogP contribution in [0.5, 0.6) is 5.75 Å². The molecule has 1 saturated heterocycles. The number of benzene rings is 2. The average Bonchev–Trinajstić information content (AvgIpc) is 2.82. The first-order valence-electron chi connectivity index (χ1n) is 11.0. The van der Waals surface area contributed by atoms with Crippen molar-refractivity contribution < 1.29 is 24.0 Å². The van der Waals surface area contributed by atoms with Crippen molar-refractivity contribution in [1.29, 1.82) is 0 Å². The van der Waals surface area contributed by atoms with Crippen LogP contribution in [-0.2, 0) is 4.74 Å². The average molecular weight is 456 g/mol. The molecule has 0 N–H and O–H groups in total. The van der Waals surface area contributed by atoms with Crippen LogP contribution in [-0.4, -0.2) is 61.1 Å². The number of hydrogen-bond acceptors (Lipinski definition) is 7. The van der Waals surface area contributed by atoms with Crippen LogP contribution in [0, 0.1) is 16.0 Å². The number of nitro groups is 1. The standard InChI is InChI=1S/C24H29N3O6/c1-4-32-24(29)19-7-10-21(22(15-19)27(30)31)25-11-13-26(14-12-25)23(28)18-5-8-20(9-6-18)33-16-17(2)3/h5-10,15,17H,4,11-14,16H2,1-3H3. The number of carbonyl (C=O) groups excluding carboxylic acids is 2. The third-order valence-electron chi connectivity index (χ3n) is 5.28. The number of ether oxygens (including phenoxy) is 2. The zero-order valence-electron chi connectivity index (χ0n) is 19.2. The highest BCUT2D eigenvalue weighted by Crippen LogP contribution is 2.30. The molecule has 2 aromatic rings. The first kappa shape index (κ1) is 24.0. The molecule has 9 heteroatoms. The van der Waals surface area contributed by atoms with Gasteiger partial charge in [-0.05, 0) is 49.2 Å². The lowest BCUT2D eigenvalue weighted by molar-refractivity contribution is -0.384. The van der Waals surface area contributed by atoms with Crippen LogP contribution in [0.2, 0.25) is 0 Å². The van der Waals surface area contributed by atoms with Gasteiger partial charge in [0.15, 0.2) is 0 Å². The van der Waals surface area contributed by atoms with Gasteiger partial charge in [0.1, 0.15) is 11.4 Å². The molecule has 9 nitrogen and oxygen atoms in total. The minimum Gasteiger partial charge on any atom is -0.493 e. The van der Waals surface area contributed by atoms with Crippen molar-refractivity contribution in [3.8, 4) is 5.75 Å². The predicted molar refractivity (Wildman–Crippen MR) is 124 cm³/mol. The van der Waals surface area contributed by atoms with Gasteiger partial charge >= 0.3 is 5.97 Å². The van der Waals surface area contributed by atoms with Crippen LogP contribution in [0.25, 0.3) is 0 Å². The quantitative estimate of drug-likeness (QED) is 0.339. The number of carbonyl (C=O) groups is 2. The fourth-order valence-corrected chi connectivity index (χ4v) is 3.57. The minimum atomic E-state index is -0.594. The van der Waals surface area contributed by atoms with Crippen LogP contribution in [0.15, 0.2) is 42.5 Å². The molecule has 0 aromatic heterocycles. The molecule has 0 atom stereocenters. The normalized spacial score (nSPS) is 13.7. The largest absolute Gasteiger partial charge is 0.493 e. The summed E-state index contributed by atoms with van der Waals surface area (Å²) in [4.78, 5) is 39.5. The van der Waals surface area contributed by atoms with E-state index in [1.807, 2.05) is 4.90 Å². The van der Waals surface area contributed by atoms with Crippen molar-refractivity contribution in [3.63, 3.8) is 0 Å². The topological polar surface area (TPSA) is 102 Å². The van der Waals surface area contributed by atoms with E-state index in [9.17, 15) is 19.7 Å². The van der Waals surface area contributed by atoms with Crippen LogP contribution in [0.4, 0.5) is 11.4 Å². The van der Waals surface area contributed by atoms with Crippen molar-refractivity contribution in [3.05, 3.63) is 63.7 Å². The maximum atomic E-state index is 12.9. The lowest BCUT2D eigenvalue weighted by atomic mass is 10.1. The molecule has 0 radical (unpaired) electrons. The van der Waals surface area contributed by atoms with Crippen molar-refractivity contribution in [2.45, 2.75) is 20.8 Å². The summed E-state index contributed by atoms with van der Waals surface area (Å²) in [7, 11) is 0. The van der Waals surface area contributed by atoms with Gasteiger partial charge in [-0.3, -0.25) is 14.9 Å². The second-order valence-corrected chi connectivity index (χ2v) is 8.19. The molecule has 0 spiro atoms. The number of nitrogens with zero attached hydrogens (tertiary/aromatic N) is 3. The van der Waals surface area contributed by atoms with Crippen LogP contribution in [0.1, 0.15) is 41.5 Å². The van der Waals surface area contributed by atoms with Gasteiger partial charge in [0.2, 0.25) is 0 Å². The number of esters is 1. The second kappa shape index (κ2) is 10.8. The maximum Gasteiger partial charge on any atom is 0.338 e. The number of anilines is 1. The van der Waals surface area contributed by atoms with E-state index >= 15 is 0 Å². The van der Waals surface area contributed by atoms with Gasteiger partial charge < -0.3 is 19.3 Å². The summed E-state index contributed by atoms with van der Waals surface area (Å²) < 4.78 is 10.6. The molecule has 3 rings (SSSR count). The van der Waals surface area contributed by atoms with Crippen molar-refractivity contribution in [2.24, 2.45) is 5.92 Å². The fourth-order valence-electron chi connectivity index (χ4n) is 3.57. The Labute approximate surface area is 193 Å². The van der Waals surface area contributed by atoms with Crippen molar-refractivity contribution >= 4 is 23.3 Å². The molecule has 2 aromatic carbocycles. The summed E-state index contributed by atoms with van der Waals surface area (Å²) in [5.41, 5.74) is 0.983. The van der Waals surface area contributed by atoms with Gasteiger partial charge in [-0.2, -0.15) is 0 Å². The summed E-state index contributed by atoms with van der Waals surface area (Å²) in [5.74, 6) is 0.462. The van der Waals surface area contributed by atoms with Gasteiger partial charge in [-0.1, -0.05) is 13.8 Å². The minimum absolute atomic E-state index is 0.0859. The Hall–Kier alpha value is -3.62. The number of rotatable bonds is 8. The second-order valence-electron chi connectivity index (χ2n) is 8.19. The molecule has 1 fully saturated rings. The van der Waals surface area contributed by atoms with Gasteiger partial charge in [-0.25, -0.2) is 4.79 Å². The zero-order chi connectivity index (χ0) is 24.0. The molecule has 0 aliphatic carbocycles. The Morgan fingerprint density at radius 1 is 1.03 bits per heavy atom. The molecule has 1 amide bonds. The smallest absolute Gasteiger partial charge is 0.338 e. The first-order valence-corrected chi connectivity index (χ1v) is 11.0. The Kier molecular flexibility index (Phi) is 7.87. The van der Waals surface area contributed by atoms with E-state index in [0.717, 1.165) is 5.75 Å². The summed E-state index contributed by atoms with van der Waals surface area (Å²) in [6.45, 7) is 8.38. The van der Waals surface area contributed by atoms with Crippen LogP contribution < -0.4 is 9.64 Å². The Balaban J connectivity index is 1.65. The van der Waals surface area contributed by atoms with Gasteiger partial charge in [0.25, 0.3) is 11.6 Å². The van der Waals surface area contributed by atoms with Crippen molar-refractivity contribution in [1.82, 2.24) is 4.90 Å². The molecule has 176 valence electrons. The summed E-state index contributed by atoms with van der Waals surface area (Å²) >= 11 is 0. The lowest BCUT2D eigenvalue weighted by Crippen LogP contribution is -2.49. The zero-order valence-corrected chi connectivity index (χ0v) is 19.2. The van der Waals surface area contributed by atoms with E-state index < -0.39 is 10.9 Å². The summed E-state index contributed by atoms with van der Waals surface area (Å²) in [6.07, 6.45) is 0. The predicted octanol–water partition coefficient (Wildman–Crippen LogP) is 3.77. The van der Waals surface area contributed by atoms with E-state index in [1.54, 1.807) is 42.2 Å². The molecular formula is C24H29N3O6. The molecule has 1 heterocycles.